The Kier molecular flexibility index (Phi) is 4.63. The number of anilines is 2. The molecule has 0 saturated heterocycles. The Balaban J connectivity index is 1.96. The van der Waals surface area contributed by atoms with E-state index >= 15 is 0 Å². The lowest BCUT2D eigenvalue weighted by Crippen LogP contribution is -2.36. The van der Waals surface area contributed by atoms with Gasteiger partial charge in [0.05, 0.1) is 11.5 Å². The van der Waals surface area contributed by atoms with Crippen molar-refractivity contribution in [1.29, 1.82) is 0 Å². The van der Waals surface area contributed by atoms with E-state index in [2.05, 4.69) is 20.6 Å². The third-order valence-electron chi connectivity index (χ3n) is 4.08. The molecule has 0 radical (unpaired) electrons. The van der Waals surface area contributed by atoms with Crippen molar-refractivity contribution in [2.45, 2.75) is 31.3 Å². The van der Waals surface area contributed by atoms with Crippen LogP contribution in [-0.2, 0) is 9.59 Å². The standard InChI is InChI=1S/C17H18N4O3S/c1-8-4-5-11(9(2)6-8)18-15(23)10-7-12(22)19-14-13(10)16(24)21-17(20-14)25-3/h4-6,10H,7H2,1-3H3,(H,18,23)(H2,19,20,21,22,24)/t10-/m0/s1. The molecule has 8 heteroatoms. The molecule has 1 atom stereocenters. The van der Waals surface area contributed by atoms with Gasteiger partial charge in [-0.2, -0.15) is 0 Å². The third-order valence-corrected chi connectivity index (χ3v) is 4.66. The number of hydrogen-bond donors (Lipinski definition) is 3. The zero-order valence-electron chi connectivity index (χ0n) is 14.1. The Hall–Kier alpha value is -2.61. The first-order valence-corrected chi connectivity index (χ1v) is 8.97. The lowest BCUT2D eigenvalue weighted by molar-refractivity contribution is -0.123. The van der Waals surface area contributed by atoms with E-state index in [0.717, 1.165) is 11.1 Å². The number of nitrogens with one attached hydrogen (secondary N) is 3. The van der Waals surface area contributed by atoms with E-state index in [1.165, 1.54) is 11.8 Å². The van der Waals surface area contributed by atoms with Gasteiger partial charge in [-0.1, -0.05) is 29.5 Å². The van der Waals surface area contributed by atoms with Crippen LogP contribution in [0.5, 0.6) is 0 Å². The van der Waals surface area contributed by atoms with Crippen LogP contribution in [0.3, 0.4) is 0 Å². The Morgan fingerprint density at radius 1 is 1.32 bits per heavy atom. The molecule has 2 amide bonds. The van der Waals surface area contributed by atoms with E-state index < -0.39 is 17.4 Å². The highest BCUT2D eigenvalue weighted by Gasteiger charge is 2.34. The van der Waals surface area contributed by atoms with Crippen molar-refractivity contribution < 1.29 is 9.59 Å². The maximum absolute atomic E-state index is 12.7. The molecule has 2 aromatic rings. The van der Waals surface area contributed by atoms with Crippen molar-refractivity contribution in [2.75, 3.05) is 16.9 Å². The number of carbonyl (C=O) groups excluding carboxylic acids is 2. The third kappa shape index (κ3) is 3.43. The number of hydrogen-bond acceptors (Lipinski definition) is 5. The molecule has 2 heterocycles. The van der Waals surface area contributed by atoms with Crippen molar-refractivity contribution in [3.05, 3.63) is 45.2 Å². The number of benzene rings is 1. The van der Waals surface area contributed by atoms with Crippen LogP contribution in [0, 0.1) is 13.8 Å². The van der Waals surface area contributed by atoms with E-state index in [0.29, 0.717) is 10.8 Å². The second-order valence-corrected chi connectivity index (χ2v) is 6.74. The van der Waals surface area contributed by atoms with Gasteiger partial charge in [-0.15, -0.1) is 0 Å². The number of rotatable bonds is 3. The molecule has 0 saturated carbocycles. The molecule has 3 rings (SSSR count). The lowest BCUT2D eigenvalue weighted by atomic mass is 9.92. The number of aromatic amines is 1. The van der Waals surface area contributed by atoms with E-state index in [4.69, 9.17) is 0 Å². The highest BCUT2D eigenvalue weighted by atomic mass is 32.2. The summed E-state index contributed by atoms with van der Waals surface area (Å²) in [6.45, 7) is 3.86. The summed E-state index contributed by atoms with van der Waals surface area (Å²) in [6, 6.07) is 5.66. The molecule has 0 spiro atoms. The van der Waals surface area contributed by atoms with E-state index in [1.54, 1.807) is 6.26 Å². The Bertz CT molecular complexity index is 923. The first kappa shape index (κ1) is 17.2. The number of H-pyrrole nitrogens is 1. The Labute approximate surface area is 148 Å². The molecule has 1 aromatic carbocycles. The van der Waals surface area contributed by atoms with E-state index in [1.807, 2.05) is 32.0 Å². The van der Waals surface area contributed by atoms with Gasteiger partial charge in [0.15, 0.2) is 5.16 Å². The normalized spacial score (nSPS) is 16.1. The Morgan fingerprint density at radius 3 is 2.76 bits per heavy atom. The number of aromatic nitrogens is 2. The zero-order valence-corrected chi connectivity index (χ0v) is 14.9. The summed E-state index contributed by atoms with van der Waals surface area (Å²) >= 11 is 1.25. The summed E-state index contributed by atoms with van der Waals surface area (Å²) in [5.41, 5.74) is 2.45. The molecule has 1 aromatic heterocycles. The number of amides is 2. The van der Waals surface area contributed by atoms with Gasteiger partial charge in [0.25, 0.3) is 5.56 Å². The minimum absolute atomic E-state index is 0.0902. The number of aryl methyl sites for hydroxylation is 2. The molecule has 0 bridgehead atoms. The predicted octanol–water partition coefficient (Wildman–Crippen LogP) is 2.17. The van der Waals surface area contributed by atoms with E-state index in [9.17, 15) is 14.4 Å². The molecule has 0 fully saturated rings. The highest BCUT2D eigenvalue weighted by Crippen LogP contribution is 2.30. The fourth-order valence-corrected chi connectivity index (χ4v) is 3.22. The first-order valence-electron chi connectivity index (χ1n) is 7.75. The zero-order chi connectivity index (χ0) is 18.1. The van der Waals surface area contributed by atoms with Gasteiger partial charge >= 0.3 is 0 Å². The predicted molar refractivity (Wildman–Crippen MR) is 97.2 cm³/mol. The average Bonchev–Trinajstić information content (AvgIpc) is 2.55. The van der Waals surface area contributed by atoms with Crippen LogP contribution in [0.4, 0.5) is 11.5 Å². The summed E-state index contributed by atoms with van der Waals surface area (Å²) in [5.74, 6) is -1.45. The number of carbonyl (C=O) groups is 2. The van der Waals surface area contributed by atoms with Crippen LogP contribution in [0.25, 0.3) is 0 Å². The average molecular weight is 358 g/mol. The summed E-state index contributed by atoms with van der Waals surface area (Å²) in [5, 5.41) is 5.79. The summed E-state index contributed by atoms with van der Waals surface area (Å²) in [6.07, 6.45) is 1.67. The molecule has 1 aliphatic heterocycles. The minimum atomic E-state index is -0.878. The fraction of sp³-hybridized carbons (Fsp3) is 0.294. The number of thioether (sulfide) groups is 1. The number of fused-ring (bicyclic) bond motifs is 1. The largest absolute Gasteiger partial charge is 0.325 e. The second kappa shape index (κ2) is 6.72. The highest BCUT2D eigenvalue weighted by molar-refractivity contribution is 7.98. The van der Waals surface area contributed by atoms with Crippen molar-refractivity contribution in [3.8, 4) is 0 Å². The maximum atomic E-state index is 12.7. The van der Waals surface area contributed by atoms with Gasteiger partial charge in [-0.3, -0.25) is 14.4 Å². The summed E-state index contributed by atoms with van der Waals surface area (Å²) in [7, 11) is 0. The molecular weight excluding hydrogens is 340 g/mol. The van der Waals surface area contributed by atoms with Crippen LogP contribution >= 0.6 is 11.8 Å². The van der Waals surface area contributed by atoms with Crippen LogP contribution in [0.15, 0.2) is 28.2 Å². The molecule has 3 N–H and O–H groups in total. The summed E-state index contributed by atoms with van der Waals surface area (Å²) in [4.78, 5) is 43.9. The SMILES string of the molecule is CSc1nc2c(c(=O)[nH]1)[C@@H](C(=O)Nc1ccc(C)cc1C)CC(=O)N2. The number of nitrogens with zero attached hydrogens (tertiary/aromatic N) is 1. The van der Waals surface area contributed by atoms with Gasteiger partial charge < -0.3 is 15.6 Å². The van der Waals surface area contributed by atoms with Crippen molar-refractivity contribution in [2.24, 2.45) is 0 Å². The topological polar surface area (TPSA) is 104 Å². The van der Waals surface area contributed by atoms with Crippen LogP contribution in [0.2, 0.25) is 0 Å². The fourth-order valence-electron chi connectivity index (χ4n) is 2.84. The van der Waals surface area contributed by atoms with Crippen molar-refractivity contribution >= 4 is 35.1 Å². The lowest BCUT2D eigenvalue weighted by Gasteiger charge is -2.23. The molecule has 0 aliphatic carbocycles. The maximum Gasteiger partial charge on any atom is 0.257 e. The van der Waals surface area contributed by atoms with Crippen LogP contribution < -0.4 is 16.2 Å². The molecule has 25 heavy (non-hydrogen) atoms. The van der Waals surface area contributed by atoms with Gasteiger partial charge in [0.1, 0.15) is 5.82 Å². The van der Waals surface area contributed by atoms with Gasteiger partial charge in [-0.25, -0.2) is 4.98 Å². The van der Waals surface area contributed by atoms with Crippen LogP contribution in [0.1, 0.15) is 29.0 Å². The molecule has 7 nitrogen and oxygen atoms in total. The molecule has 130 valence electrons. The van der Waals surface area contributed by atoms with E-state index in [-0.39, 0.29) is 23.7 Å². The van der Waals surface area contributed by atoms with Crippen molar-refractivity contribution in [3.63, 3.8) is 0 Å². The van der Waals surface area contributed by atoms with Gasteiger partial charge in [0, 0.05) is 12.1 Å². The quantitative estimate of drug-likeness (QED) is 0.576. The van der Waals surface area contributed by atoms with Gasteiger partial charge in [0.2, 0.25) is 11.8 Å². The second-order valence-electron chi connectivity index (χ2n) is 5.95. The Morgan fingerprint density at radius 2 is 2.08 bits per heavy atom. The molecule has 0 unspecified atom stereocenters. The van der Waals surface area contributed by atoms with Crippen molar-refractivity contribution in [1.82, 2.24) is 9.97 Å². The molecule has 1 aliphatic rings. The van der Waals surface area contributed by atoms with Gasteiger partial charge in [-0.05, 0) is 31.7 Å². The smallest absolute Gasteiger partial charge is 0.257 e. The molecular formula is C17H18N4O3S. The minimum Gasteiger partial charge on any atom is -0.325 e. The summed E-state index contributed by atoms with van der Waals surface area (Å²) < 4.78 is 0. The monoisotopic (exact) mass is 358 g/mol. The van der Waals surface area contributed by atoms with Crippen LogP contribution in [-0.4, -0.2) is 28.0 Å². The first-order chi connectivity index (χ1) is 11.9.